The molecule has 5 nitrogen and oxygen atoms in total. The van der Waals surface area contributed by atoms with Crippen molar-refractivity contribution in [2.45, 2.75) is 19.9 Å². The lowest BCUT2D eigenvalue weighted by molar-refractivity contribution is 0.0702. The molecule has 8 heteroatoms. The van der Waals surface area contributed by atoms with E-state index in [4.69, 9.17) is 23.2 Å². The zero-order valence-electron chi connectivity index (χ0n) is 13.4. The van der Waals surface area contributed by atoms with Crippen molar-refractivity contribution in [2.24, 2.45) is 0 Å². The number of nitrogens with zero attached hydrogens (tertiary/aromatic N) is 3. The van der Waals surface area contributed by atoms with Crippen molar-refractivity contribution in [3.63, 3.8) is 0 Å². The number of piperazine rings is 1. The topological polar surface area (TPSA) is 50.2 Å². The van der Waals surface area contributed by atoms with Gasteiger partial charge < -0.3 is 10.2 Å². The van der Waals surface area contributed by atoms with Gasteiger partial charge >= 0.3 is 0 Å². The maximum Gasteiger partial charge on any atom is 0.274 e. The smallest absolute Gasteiger partial charge is 0.274 e. The van der Waals surface area contributed by atoms with E-state index >= 15 is 0 Å². The molecule has 0 saturated carbocycles. The van der Waals surface area contributed by atoms with Gasteiger partial charge in [-0.15, -0.1) is 12.4 Å². The summed E-state index contributed by atoms with van der Waals surface area (Å²) in [5.41, 5.74) is 1.99. The summed E-state index contributed by atoms with van der Waals surface area (Å²) >= 11 is 12.2. The number of rotatable bonds is 2. The molecule has 3 rings (SSSR count). The zero-order chi connectivity index (χ0) is 16.6. The van der Waals surface area contributed by atoms with E-state index in [1.54, 1.807) is 28.9 Å². The number of nitrogens with one attached hydrogen (secondary N) is 1. The second-order valence-electron chi connectivity index (χ2n) is 5.78. The van der Waals surface area contributed by atoms with Crippen molar-refractivity contribution in [1.82, 2.24) is 20.0 Å². The molecule has 0 aliphatic carbocycles. The highest BCUT2D eigenvalue weighted by Gasteiger charge is 2.24. The summed E-state index contributed by atoms with van der Waals surface area (Å²) in [6.45, 7) is 6.14. The summed E-state index contributed by atoms with van der Waals surface area (Å²) in [7, 11) is 0. The number of carbonyl (C=O) groups excluding carboxylic acids is 1. The summed E-state index contributed by atoms with van der Waals surface area (Å²) in [6, 6.07) is 7.30. The van der Waals surface area contributed by atoms with E-state index in [2.05, 4.69) is 17.3 Å². The lowest BCUT2D eigenvalue weighted by Crippen LogP contribution is -2.51. The van der Waals surface area contributed by atoms with Crippen LogP contribution in [0.4, 0.5) is 0 Å². The Labute approximate surface area is 157 Å². The molecule has 130 valence electrons. The molecule has 1 aliphatic rings. The van der Waals surface area contributed by atoms with E-state index in [0.717, 1.165) is 12.2 Å². The molecule has 1 aliphatic heterocycles. The molecule has 1 saturated heterocycles. The van der Waals surface area contributed by atoms with Crippen LogP contribution in [0, 0.1) is 6.92 Å². The van der Waals surface area contributed by atoms with E-state index in [1.165, 1.54) is 0 Å². The third-order valence-corrected chi connectivity index (χ3v) is 4.44. The van der Waals surface area contributed by atoms with E-state index in [0.29, 0.717) is 40.6 Å². The van der Waals surface area contributed by atoms with Crippen molar-refractivity contribution in [3.8, 4) is 5.69 Å². The Kier molecular flexibility index (Phi) is 6.15. The van der Waals surface area contributed by atoms with Crippen LogP contribution in [0.25, 0.3) is 5.69 Å². The van der Waals surface area contributed by atoms with Gasteiger partial charge in [0.25, 0.3) is 5.91 Å². The molecule has 1 fully saturated rings. The Hall–Kier alpha value is -1.27. The Morgan fingerprint density at radius 2 is 2.08 bits per heavy atom. The van der Waals surface area contributed by atoms with Gasteiger partial charge in [0, 0.05) is 36.4 Å². The molecule has 24 heavy (non-hydrogen) atoms. The quantitative estimate of drug-likeness (QED) is 0.857. The Bertz CT molecular complexity index is 747. The summed E-state index contributed by atoms with van der Waals surface area (Å²) in [5.74, 6) is -0.0507. The van der Waals surface area contributed by atoms with Crippen LogP contribution in [0.3, 0.4) is 0 Å². The van der Waals surface area contributed by atoms with E-state index in [1.807, 2.05) is 11.8 Å². The molecule has 2 aromatic rings. The molecule has 1 atom stereocenters. The highest BCUT2D eigenvalue weighted by Crippen LogP contribution is 2.25. The fourth-order valence-electron chi connectivity index (χ4n) is 2.75. The van der Waals surface area contributed by atoms with Crippen LogP contribution >= 0.6 is 35.6 Å². The standard InChI is InChI=1S/C16H18Cl2N4O.ClH/c1-10-9-21(6-5-19-10)16(23)14-7-11(2)22(20-14)15-4-3-12(17)8-13(15)18;/h3-4,7-8,10,19H,5-6,9H2,1-2H3;1H/t10-;/m1./s1. The molecule has 1 aromatic carbocycles. The zero-order valence-corrected chi connectivity index (χ0v) is 15.8. The average molecular weight is 390 g/mol. The predicted molar refractivity (Wildman–Crippen MR) is 98.9 cm³/mol. The van der Waals surface area contributed by atoms with Crippen molar-refractivity contribution < 1.29 is 4.79 Å². The lowest BCUT2D eigenvalue weighted by atomic mass is 10.2. The third-order valence-electron chi connectivity index (χ3n) is 3.90. The number of hydrogen-bond donors (Lipinski definition) is 1. The Balaban J connectivity index is 0.00000208. The number of carbonyl (C=O) groups is 1. The first kappa shape index (κ1) is 19.1. The monoisotopic (exact) mass is 388 g/mol. The molecule has 0 unspecified atom stereocenters. The largest absolute Gasteiger partial charge is 0.334 e. The molecule has 1 amide bonds. The molecule has 0 bridgehead atoms. The number of hydrogen-bond acceptors (Lipinski definition) is 3. The second kappa shape index (κ2) is 7.74. The molecule has 0 spiro atoms. The number of aromatic nitrogens is 2. The highest BCUT2D eigenvalue weighted by atomic mass is 35.5. The van der Waals surface area contributed by atoms with Gasteiger partial charge in [-0.3, -0.25) is 4.79 Å². The summed E-state index contributed by atoms with van der Waals surface area (Å²) in [4.78, 5) is 14.5. The average Bonchev–Trinajstić information content (AvgIpc) is 2.88. The third kappa shape index (κ3) is 3.86. The highest BCUT2D eigenvalue weighted by molar-refractivity contribution is 6.35. The van der Waals surface area contributed by atoms with Gasteiger partial charge in [-0.05, 0) is 38.1 Å². The summed E-state index contributed by atoms with van der Waals surface area (Å²) in [5, 5.41) is 8.84. The first-order valence-corrected chi connectivity index (χ1v) is 8.26. The summed E-state index contributed by atoms with van der Waals surface area (Å²) in [6.07, 6.45) is 0. The Morgan fingerprint density at radius 3 is 2.75 bits per heavy atom. The minimum atomic E-state index is -0.0507. The lowest BCUT2D eigenvalue weighted by Gasteiger charge is -2.31. The van der Waals surface area contributed by atoms with Crippen molar-refractivity contribution in [3.05, 3.63) is 45.7 Å². The fourth-order valence-corrected chi connectivity index (χ4v) is 3.24. The van der Waals surface area contributed by atoms with Crippen LogP contribution < -0.4 is 5.32 Å². The van der Waals surface area contributed by atoms with Gasteiger partial charge in [0.2, 0.25) is 0 Å². The molecule has 1 aromatic heterocycles. The van der Waals surface area contributed by atoms with Crippen LogP contribution in [0.5, 0.6) is 0 Å². The normalized spacial score (nSPS) is 17.5. The summed E-state index contributed by atoms with van der Waals surface area (Å²) < 4.78 is 1.68. The first-order valence-electron chi connectivity index (χ1n) is 7.50. The van der Waals surface area contributed by atoms with Gasteiger partial charge in [-0.1, -0.05) is 23.2 Å². The Morgan fingerprint density at radius 1 is 1.33 bits per heavy atom. The maximum atomic E-state index is 12.6. The van der Waals surface area contributed by atoms with Crippen LogP contribution in [-0.2, 0) is 0 Å². The van der Waals surface area contributed by atoms with Crippen LogP contribution in [0.1, 0.15) is 23.1 Å². The minimum absolute atomic E-state index is 0. The van der Waals surface area contributed by atoms with E-state index < -0.39 is 0 Å². The first-order chi connectivity index (χ1) is 11.0. The fraction of sp³-hybridized carbons (Fsp3) is 0.375. The second-order valence-corrected chi connectivity index (χ2v) is 6.63. The molecule has 2 heterocycles. The van der Waals surface area contributed by atoms with E-state index in [-0.39, 0.29) is 18.3 Å². The van der Waals surface area contributed by atoms with Crippen molar-refractivity contribution in [1.29, 1.82) is 0 Å². The van der Waals surface area contributed by atoms with Gasteiger partial charge in [0.15, 0.2) is 5.69 Å². The van der Waals surface area contributed by atoms with Crippen LogP contribution in [0.15, 0.2) is 24.3 Å². The predicted octanol–water partition coefficient (Wildman–Crippen LogP) is 3.34. The van der Waals surface area contributed by atoms with Crippen LogP contribution in [-0.4, -0.2) is 46.3 Å². The molecular formula is C16H19Cl3N4O. The number of amides is 1. The van der Waals surface area contributed by atoms with Crippen LogP contribution in [0.2, 0.25) is 10.0 Å². The molecule has 0 radical (unpaired) electrons. The number of benzene rings is 1. The van der Waals surface area contributed by atoms with Gasteiger partial charge in [0.05, 0.1) is 10.7 Å². The van der Waals surface area contributed by atoms with Gasteiger partial charge in [0.1, 0.15) is 0 Å². The maximum absolute atomic E-state index is 12.6. The SMILES string of the molecule is Cc1cc(C(=O)N2CCN[C@H](C)C2)nn1-c1ccc(Cl)cc1Cl.Cl. The van der Waals surface area contributed by atoms with Gasteiger partial charge in [-0.2, -0.15) is 5.10 Å². The number of halogens is 3. The van der Waals surface area contributed by atoms with Crippen molar-refractivity contribution in [2.75, 3.05) is 19.6 Å². The molecular weight excluding hydrogens is 371 g/mol. The van der Waals surface area contributed by atoms with Crippen molar-refractivity contribution >= 4 is 41.5 Å². The van der Waals surface area contributed by atoms with E-state index in [9.17, 15) is 4.79 Å². The van der Waals surface area contributed by atoms with Gasteiger partial charge in [-0.25, -0.2) is 4.68 Å². The number of aryl methyl sites for hydroxylation is 1. The minimum Gasteiger partial charge on any atom is -0.334 e. The molecule has 1 N–H and O–H groups in total.